The van der Waals surface area contributed by atoms with E-state index in [9.17, 15) is 22.8 Å². The number of halogens is 3. The largest absolute Gasteiger partial charge is 0.416 e. The van der Waals surface area contributed by atoms with E-state index in [1.165, 1.54) is 24.4 Å². The van der Waals surface area contributed by atoms with Crippen molar-refractivity contribution in [3.63, 3.8) is 0 Å². The Bertz CT molecular complexity index is 1050. The number of aromatic nitrogens is 3. The maximum absolute atomic E-state index is 12.7. The minimum atomic E-state index is -4.44. The Kier molecular flexibility index (Phi) is 3.60. The molecule has 4 rings (SSSR count). The molecule has 3 aromatic rings. The summed E-state index contributed by atoms with van der Waals surface area (Å²) in [5.74, 6) is -0.345. The number of aromatic amines is 1. The molecule has 1 fully saturated rings. The summed E-state index contributed by atoms with van der Waals surface area (Å²) < 4.78 is 39.2. The van der Waals surface area contributed by atoms with Gasteiger partial charge in [0.1, 0.15) is 5.56 Å². The van der Waals surface area contributed by atoms with Crippen LogP contribution in [0, 0.1) is 0 Å². The van der Waals surface area contributed by atoms with Crippen LogP contribution in [0.3, 0.4) is 0 Å². The number of H-pyrrole nitrogens is 1. The molecule has 6 nitrogen and oxygen atoms in total. The lowest BCUT2D eigenvalue weighted by Gasteiger charge is -2.07. The number of amides is 1. The van der Waals surface area contributed by atoms with E-state index in [1.54, 1.807) is 0 Å². The molecule has 1 aromatic carbocycles. The summed E-state index contributed by atoms with van der Waals surface area (Å²) in [6.07, 6.45) is -1.22. The minimum Gasteiger partial charge on any atom is -0.349 e. The third kappa shape index (κ3) is 2.96. The first kappa shape index (κ1) is 16.4. The Balaban J connectivity index is 1.76. The number of carbonyl (C=O) groups excluding carboxylic acids is 1. The van der Waals surface area contributed by atoms with Gasteiger partial charge in [-0.15, -0.1) is 0 Å². The van der Waals surface area contributed by atoms with Crippen LogP contribution in [-0.2, 0) is 6.18 Å². The van der Waals surface area contributed by atoms with Crippen LogP contribution in [-0.4, -0.2) is 26.5 Å². The molecule has 9 heteroatoms. The second-order valence-corrected chi connectivity index (χ2v) is 6.15. The van der Waals surface area contributed by atoms with Crippen molar-refractivity contribution in [2.45, 2.75) is 25.1 Å². The number of fused-ring (bicyclic) bond motifs is 1. The maximum Gasteiger partial charge on any atom is 0.416 e. The second kappa shape index (κ2) is 5.72. The van der Waals surface area contributed by atoms with Crippen LogP contribution >= 0.6 is 0 Å². The molecule has 1 amide bonds. The predicted octanol–water partition coefficient (Wildman–Crippen LogP) is 2.60. The van der Waals surface area contributed by atoms with Crippen LogP contribution in [0.5, 0.6) is 0 Å². The number of rotatable bonds is 3. The molecule has 0 saturated heterocycles. The smallest absolute Gasteiger partial charge is 0.349 e. The molecule has 2 N–H and O–H groups in total. The first-order chi connectivity index (χ1) is 12.3. The van der Waals surface area contributed by atoms with E-state index in [4.69, 9.17) is 0 Å². The standard InChI is InChI=1S/C17H13F3N4O2/c18-17(19,20)10-3-1-9(2-4-10)13-7-14(25)24-15(23-13)12(8-21-24)16(26)22-11-5-6-11/h1-4,7-8,11,21H,5-6H2,(H,22,26). The fourth-order valence-corrected chi connectivity index (χ4v) is 2.62. The number of hydrogen-bond acceptors (Lipinski definition) is 3. The van der Waals surface area contributed by atoms with Gasteiger partial charge in [0.05, 0.1) is 11.3 Å². The fourth-order valence-electron chi connectivity index (χ4n) is 2.62. The van der Waals surface area contributed by atoms with E-state index in [0.29, 0.717) is 5.56 Å². The lowest BCUT2D eigenvalue weighted by Crippen LogP contribution is -2.25. The lowest BCUT2D eigenvalue weighted by atomic mass is 10.1. The van der Waals surface area contributed by atoms with Gasteiger partial charge in [0.25, 0.3) is 11.5 Å². The highest BCUT2D eigenvalue weighted by Crippen LogP contribution is 2.30. The van der Waals surface area contributed by atoms with Gasteiger partial charge in [-0.25, -0.2) is 9.50 Å². The third-order valence-electron chi connectivity index (χ3n) is 4.16. The van der Waals surface area contributed by atoms with Gasteiger partial charge in [-0.05, 0) is 25.0 Å². The van der Waals surface area contributed by atoms with Gasteiger partial charge in [0.2, 0.25) is 0 Å². The van der Waals surface area contributed by atoms with Crippen molar-refractivity contribution in [3.8, 4) is 11.3 Å². The molecular formula is C17H13F3N4O2. The fraction of sp³-hybridized carbons (Fsp3) is 0.235. The van der Waals surface area contributed by atoms with Gasteiger partial charge in [-0.2, -0.15) is 13.2 Å². The van der Waals surface area contributed by atoms with E-state index in [0.717, 1.165) is 29.5 Å². The summed E-state index contributed by atoms with van der Waals surface area (Å²) in [4.78, 5) is 28.8. The first-order valence-electron chi connectivity index (χ1n) is 7.92. The number of carbonyl (C=O) groups is 1. The monoisotopic (exact) mass is 362 g/mol. The first-order valence-corrected chi connectivity index (χ1v) is 7.92. The van der Waals surface area contributed by atoms with Crippen molar-refractivity contribution in [2.24, 2.45) is 0 Å². The summed E-state index contributed by atoms with van der Waals surface area (Å²) >= 11 is 0. The van der Waals surface area contributed by atoms with E-state index < -0.39 is 17.3 Å². The van der Waals surface area contributed by atoms with E-state index in [2.05, 4.69) is 15.4 Å². The van der Waals surface area contributed by atoms with Crippen LogP contribution in [0.15, 0.2) is 41.3 Å². The van der Waals surface area contributed by atoms with Crippen molar-refractivity contribution >= 4 is 11.6 Å². The number of hydrogen-bond donors (Lipinski definition) is 2. The van der Waals surface area contributed by atoms with Gasteiger partial charge >= 0.3 is 6.18 Å². The molecule has 1 aliphatic rings. The summed E-state index contributed by atoms with van der Waals surface area (Å²) in [5, 5.41) is 5.48. The quantitative estimate of drug-likeness (QED) is 0.752. The Morgan fingerprint density at radius 3 is 2.54 bits per heavy atom. The number of nitrogens with zero attached hydrogens (tertiary/aromatic N) is 2. The number of nitrogens with one attached hydrogen (secondary N) is 2. The molecule has 1 aliphatic carbocycles. The number of benzene rings is 1. The highest BCUT2D eigenvalue weighted by atomic mass is 19.4. The zero-order chi connectivity index (χ0) is 18.5. The predicted molar refractivity (Wildman–Crippen MR) is 86.7 cm³/mol. The van der Waals surface area contributed by atoms with Gasteiger partial charge in [-0.1, -0.05) is 12.1 Å². The highest BCUT2D eigenvalue weighted by molar-refractivity contribution is 6.00. The molecule has 2 heterocycles. The van der Waals surface area contributed by atoms with Crippen LogP contribution in [0.2, 0.25) is 0 Å². The molecule has 1 saturated carbocycles. The molecule has 0 atom stereocenters. The van der Waals surface area contributed by atoms with Gasteiger partial charge in [0, 0.05) is 23.9 Å². The summed E-state index contributed by atoms with van der Waals surface area (Å²) in [6, 6.07) is 5.69. The molecule has 0 unspecified atom stereocenters. The maximum atomic E-state index is 12.7. The van der Waals surface area contributed by atoms with Crippen LogP contribution < -0.4 is 10.9 Å². The molecular weight excluding hydrogens is 349 g/mol. The third-order valence-corrected chi connectivity index (χ3v) is 4.16. The molecule has 0 bridgehead atoms. The summed E-state index contributed by atoms with van der Waals surface area (Å²) in [5.41, 5.74) is -0.356. The highest BCUT2D eigenvalue weighted by Gasteiger charge is 2.30. The SMILES string of the molecule is O=C(NC1CC1)c1c[nH]n2c(=O)cc(-c3ccc(C(F)(F)F)cc3)nc12. The van der Waals surface area contributed by atoms with Crippen molar-refractivity contribution in [1.29, 1.82) is 0 Å². The zero-order valence-corrected chi connectivity index (χ0v) is 13.3. The van der Waals surface area contributed by atoms with Crippen molar-refractivity contribution in [1.82, 2.24) is 19.9 Å². The van der Waals surface area contributed by atoms with Crippen molar-refractivity contribution in [3.05, 3.63) is 58.0 Å². The Morgan fingerprint density at radius 1 is 1.23 bits per heavy atom. The zero-order valence-electron chi connectivity index (χ0n) is 13.3. The van der Waals surface area contributed by atoms with Gasteiger partial charge in [-0.3, -0.25) is 14.7 Å². The molecule has 134 valence electrons. The Hall–Kier alpha value is -3.10. The summed E-state index contributed by atoms with van der Waals surface area (Å²) in [6.45, 7) is 0. The van der Waals surface area contributed by atoms with Gasteiger partial charge < -0.3 is 5.32 Å². The molecule has 26 heavy (non-hydrogen) atoms. The lowest BCUT2D eigenvalue weighted by molar-refractivity contribution is -0.137. The normalized spacial score (nSPS) is 14.6. The van der Waals surface area contributed by atoms with Crippen LogP contribution in [0.4, 0.5) is 13.2 Å². The van der Waals surface area contributed by atoms with Crippen LogP contribution in [0.25, 0.3) is 16.9 Å². The minimum absolute atomic E-state index is 0.130. The van der Waals surface area contributed by atoms with E-state index >= 15 is 0 Å². The average molecular weight is 362 g/mol. The molecule has 0 radical (unpaired) electrons. The molecule has 0 aliphatic heterocycles. The molecule has 2 aromatic heterocycles. The van der Waals surface area contributed by atoms with Crippen molar-refractivity contribution in [2.75, 3.05) is 0 Å². The summed E-state index contributed by atoms with van der Waals surface area (Å²) in [7, 11) is 0. The molecule has 0 spiro atoms. The van der Waals surface area contributed by atoms with Crippen LogP contribution in [0.1, 0.15) is 28.8 Å². The van der Waals surface area contributed by atoms with E-state index in [-0.39, 0.29) is 28.9 Å². The topological polar surface area (TPSA) is 79.3 Å². The van der Waals surface area contributed by atoms with E-state index in [1.807, 2.05) is 0 Å². The average Bonchev–Trinajstić information content (AvgIpc) is 3.29. The van der Waals surface area contributed by atoms with Gasteiger partial charge in [0.15, 0.2) is 5.65 Å². The Labute approximate surface area is 144 Å². The second-order valence-electron chi connectivity index (χ2n) is 6.15. The van der Waals surface area contributed by atoms with Crippen molar-refractivity contribution < 1.29 is 18.0 Å². The number of alkyl halides is 3. The Morgan fingerprint density at radius 2 is 1.92 bits per heavy atom.